The molecule has 1 aliphatic heterocycles. The smallest absolute Gasteiger partial charge is 0.326 e. The highest BCUT2D eigenvalue weighted by Gasteiger charge is 2.38. The third-order valence-corrected chi connectivity index (χ3v) is 6.32. The van der Waals surface area contributed by atoms with E-state index in [2.05, 4.69) is 15.6 Å². The van der Waals surface area contributed by atoms with Gasteiger partial charge in [-0.25, -0.2) is 4.79 Å². The van der Waals surface area contributed by atoms with Crippen molar-refractivity contribution in [1.82, 2.24) is 20.5 Å². The Labute approximate surface area is 207 Å². The van der Waals surface area contributed by atoms with Crippen molar-refractivity contribution in [3.05, 3.63) is 36.0 Å². The van der Waals surface area contributed by atoms with Gasteiger partial charge in [-0.1, -0.05) is 18.2 Å². The number of para-hydroxylation sites is 1. The van der Waals surface area contributed by atoms with E-state index in [1.807, 2.05) is 24.3 Å². The van der Waals surface area contributed by atoms with Crippen molar-refractivity contribution in [2.75, 3.05) is 6.54 Å². The quantitative estimate of drug-likeness (QED) is 0.236. The summed E-state index contributed by atoms with van der Waals surface area (Å²) < 4.78 is 0. The topological polar surface area (TPSA) is 201 Å². The average Bonchev–Trinajstić information content (AvgIpc) is 3.49. The molecular weight excluding hydrogens is 468 g/mol. The second kappa shape index (κ2) is 11.7. The van der Waals surface area contributed by atoms with Gasteiger partial charge in [0.05, 0.1) is 6.04 Å². The van der Waals surface area contributed by atoms with Crippen LogP contribution >= 0.6 is 0 Å². The van der Waals surface area contributed by atoms with Gasteiger partial charge < -0.3 is 37.1 Å². The van der Waals surface area contributed by atoms with E-state index in [1.165, 1.54) is 11.8 Å². The summed E-state index contributed by atoms with van der Waals surface area (Å²) in [6.07, 6.45) is 2.57. The SMILES string of the molecule is CC(NC(=O)C(N)Cc1c[nH]c2ccccc12)C(=O)NC(CCC(N)=O)C(=O)N1CCCC1C(=O)O. The number of hydrogen-bond acceptors (Lipinski definition) is 6. The number of primary amides is 1. The third kappa shape index (κ3) is 6.39. The van der Waals surface area contributed by atoms with Gasteiger partial charge in [-0.3, -0.25) is 19.2 Å². The number of amides is 4. The van der Waals surface area contributed by atoms with Crippen LogP contribution in [0.2, 0.25) is 0 Å². The monoisotopic (exact) mass is 500 g/mol. The average molecular weight is 501 g/mol. The maximum atomic E-state index is 13.0. The minimum atomic E-state index is -1.16. The van der Waals surface area contributed by atoms with Gasteiger partial charge in [-0.2, -0.15) is 0 Å². The van der Waals surface area contributed by atoms with Crippen LogP contribution in [0, 0.1) is 0 Å². The van der Waals surface area contributed by atoms with Crippen LogP contribution in [0.25, 0.3) is 10.9 Å². The highest BCUT2D eigenvalue weighted by molar-refractivity contribution is 5.94. The first-order valence-electron chi connectivity index (χ1n) is 11.8. The Morgan fingerprint density at radius 2 is 1.89 bits per heavy atom. The highest BCUT2D eigenvalue weighted by atomic mass is 16.4. The number of nitrogens with two attached hydrogens (primary N) is 2. The van der Waals surface area contributed by atoms with Crippen molar-refractivity contribution >= 4 is 40.5 Å². The molecule has 12 nitrogen and oxygen atoms in total. The predicted octanol–water partition coefficient (Wildman–Crippen LogP) is -0.632. The van der Waals surface area contributed by atoms with Crippen LogP contribution in [0.5, 0.6) is 0 Å². The Morgan fingerprint density at radius 3 is 2.58 bits per heavy atom. The van der Waals surface area contributed by atoms with Crippen molar-refractivity contribution in [2.24, 2.45) is 11.5 Å². The molecule has 0 saturated carbocycles. The first-order valence-corrected chi connectivity index (χ1v) is 11.8. The summed E-state index contributed by atoms with van der Waals surface area (Å²) in [5, 5.41) is 15.4. The number of carbonyl (C=O) groups is 5. The molecule has 194 valence electrons. The highest BCUT2D eigenvalue weighted by Crippen LogP contribution is 2.20. The van der Waals surface area contributed by atoms with Crippen molar-refractivity contribution in [1.29, 1.82) is 0 Å². The number of rotatable bonds is 11. The summed E-state index contributed by atoms with van der Waals surface area (Å²) in [5.41, 5.74) is 13.1. The molecule has 1 saturated heterocycles. The zero-order valence-electron chi connectivity index (χ0n) is 20.0. The van der Waals surface area contributed by atoms with E-state index in [0.717, 1.165) is 16.5 Å². The molecule has 0 bridgehead atoms. The molecule has 36 heavy (non-hydrogen) atoms. The molecule has 4 atom stereocenters. The number of carboxylic acids is 1. The number of nitrogens with one attached hydrogen (secondary N) is 3. The Hall–Kier alpha value is -3.93. The molecule has 2 heterocycles. The van der Waals surface area contributed by atoms with Crippen molar-refractivity contribution in [2.45, 2.75) is 63.2 Å². The van der Waals surface area contributed by atoms with Crippen LogP contribution in [0.15, 0.2) is 30.5 Å². The zero-order valence-corrected chi connectivity index (χ0v) is 20.0. The molecule has 3 rings (SSSR count). The van der Waals surface area contributed by atoms with E-state index in [0.29, 0.717) is 12.8 Å². The van der Waals surface area contributed by atoms with Crippen LogP contribution in [0.4, 0.5) is 0 Å². The van der Waals surface area contributed by atoms with E-state index < -0.39 is 53.8 Å². The van der Waals surface area contributed by atoms with E-state index in [9.17, 15) is 29.1 Å². The maximum Gasteiger partial charge on any atom is 0.326 e. The lowest BCUT2D eigenvalue weighted by Crippen LogP contribution is -2.56. The zero-order chi connectivity index (χ0) is 26.4. The molecule has 1 aromatic carbocycles. The lowest BCUT2D eigenvalue weighted by molar-refractivity contribution is -0.149. The van der Waals surface area contributed by atoms with Gasteiger partial charge in [0, 0.05) is 30.1 Å². The summed E-state index contributed by atoms with van der Waals surface area (Å²) in [6, 6.07) is 3.48. The Morgan fingerprint density at radius 1 is 1.17 bits per heavy atom. The number of likely N-dealkylation sites (tertiary alicyclic amines) is 1. The van der Waals surface area contributed by atoms with Crippen LogP contribution in [0.1, 0.15) is 38.2 Å². The second-order valence-electron chi connectivity index (χ2n) is 8.99. The number of aromatic amines is 1. The number of benzene rings is 1. The van der Waals surface area contributed by atoms with E-state index in [4.69, 9.17) is 11.5 Å². The predicted molar refractivity (Wildman–Crippen MR) is 130 cm³/mol. The maximum absolute atomic E-state index is 13.0. The number of aromatic nitrogens is 1. The standard InChI is InChI=1S/C24H32N6O6/c1-13(28-22(33)16(25)11-14-12-27-17-6-3-2-5-15(14)17)21(32)29-18(8-9-20(26)31)23(34)30-10-4-7-19(30)24(35)36/h2-3,5-6,12-13,16,18-19,27H,4,7-11,25H2,1H3,(H2,26,31)(H,28,33)(H,29,32)(H,35,36). The van der Waals surface area contributed by atoms with Crippen molar-refractivity contribution in [3.8, 4) is 0 Å². The summed E-state index contributed by atoms with van der Waals surface area (Å²) in [6.45, 7) is 1.67. The lowest BCUT2D eigenvalue weighted by Gasteiger charge is -2.28. The summed E-state index contributed by atoms with van der Waals surface area (Å²) in [4.78, 5) is 65.6. The van der Waals surface area contributed by atoms with E-state index in [-0.39, 0.29) is 25.8 Å². The minimum Gasteiger partial charge on any atom is -0.480 e. The largest absolute Gasteiger partial charge is 0.480 e. The molecule has 1 aliphatic rings. The summed E-state index contributed by atoms with van der Waals surface area (Å²) in [5.74, 6) is -3.62. The van der Waals surface area contributed by atoms with Crippen LogP contribution in [-0.2, 0) is 30.4 Å². The van der Waals surface area contributed by atoms with Gasteiger partial charge in [0.25, 0.3) is 0 Å². The Kier molecular flexibility index (Phi) is 8.64. The number of carbonyl (C=O) groups excluding carboxylic acids is 4. The fourth-order valence-corrected chi connectivity index (χ4v) is 4.34. The van der Waals surface area contributed by atoms with Gasteiger partial charge in [-0.15, -0.1) is 0 Å². The number of nitrogens with zero attached hydrogens (tertiary/aromatic N) is 1. The Bertz CT molecular complexity index is 1150. The molecule has 8 N–H and O–H groups in total. The minimum absolute atomic E-state index is 0.0938. The molecule has 2 aromatic rings. The number of carboxylic acid groups (broad SMARTS) is 1. The lowest BCUT2D eigenvalue weighted by atomic mass is 10.0. The van der Waals surface area contributed by atoms with Gasteiger partial charge in [0.15, 0.2) is 0 Å². The van der Waals surface area contributed by atoms with Crippen molar-refractivity contribution in [3.63, 3.8) is 0 Å². The number of aliphatic carboxylic acids is 1. The number of hydrogen-bond donors (Lipinski definition) is 6. The summed E-state index contributed by atoms with van der Waals surface area (Å²) >= 11 is 0. The third-order valence-electron chi connectivity index (χ3n) is 6.32. The first kappa shape index (κ1) is 26.7. The fourth-order valence-electron chi connectivity index (χ4n) is 4.34. The molecule has 4 amide bonds. The fraction of sp³-hybridized carbons (Fsp3) is 0.458. The van der Waals surface area contributed by atoms with E-state index >= 15 is 0 Å². The molecule has 1 aromatic heterocycles. The van der Waals surface area contributed by atoms with Gasteiger partial charge in [0.1, 0.15) is 18.1 Å². The molecule has 0 spiro atoms. The summed E-state index contributed by atoms with van der Waals surface area (Å²) in [7, 11) is 0. The van der Waals surface area contributed by atoms with Crippen LogP contribution in [-0.4, -0.2) is 75.3 Å². The second-order valence-corrected chi connectivity index (χ2v) is 8.99. The molecule has 12 heteroatoms. The number of H-pyrrole nitrogens is 1. The Balaban J connectivity index is 1.61. The molecule has 1 fully saturated rings. The number of fused-ring (bicyclic) bond motifs is 1. The molecule has 0 radical (unpaired) electrons. The normalized spacial score (nSPS) is 17.8. The van der Waals surface area contributed by atoms with Gasteiger partial charge >= 0.3 is 5.97 Å². The first-order chi connectivity index (χ1) is 17.1. The van der Waals surface area contributed by atoms with Crippen LogP contribution < -0.4 is 22.1 Å². The van der Waals surface area contributed by atoms with Gasteiger partial charge in [-0.05, 0) is 44.2 Å². The molecule has 4 unspecified atom stereocenters. The van der Waals surface area contributed by atoms with Crippen molar-refractivity contribution < 1.29 is 29.1 Å². The molecular formula is C24H32N6O6. The van der Waals surface area contributed by atoms with Gasteiger partial charge in [0.2, 0.25) is 23.6 Å². The molecule has 0 aliphatic carbocycles. The van der Waals surface area contributed by atoms with E-state index in [1.54, 1.807) is 6.20 Å². The van der Waals surface area contributed by atoms with Crippen LogP contribution in [0.3, 0.4) is 0 Å².